The summed E-state index contributed by atoms with van der Waals surface area (Å²) in [6.07, 6.45) is 5.79. The van der Waals surface area contributed by atoms with Crippen LogP contribution < -0.4 is 5.73 Å². The average molecular weight is 391 g/mol. The van der Waals surface area contributed by atoms with E-state index < -0.39 is 21.8 Å². The second-order valence-corrected chi connectivity index (χ2v) is 9.02. The molecule has 146 valence electrons. The summed E-state index contributed by atoms with van der Waals surface area (Å²) in [6, 6.07) is 8.76. The zero-order valence-electron chi connectivity index (χ0n) is 15.6. The number of amides is 1. The summed E-state index contributed by atoms with van der Waals surface area (Å²) in [6.45, 7) is 0. The number of sulfone groups is 1. The molecule has 1 atom stereocenters. The third kappa shape index (κ3) is 4.22. The molecule has 0 saturated heterocycles. The van der Waals surface area contributed by atoms with E-state index in [4.69, 9.17) is 10.5 Å². The molecule has 27 heavy (non-hydrogen) atoms. The molecule has 1 aliphatic rings. The predicted molar refractivity (Wildman–Crippen MR) is 102 cm³/mol. The van der Waals surface area contributed by atoms with Crippen molar-refractivity contribution in [2.24, 2.45) is 5.73 Å². The smallest absolute Gasteiger partial charge is 0.252 e. The van der Waals surface area contributed by atoms with Gasteiger partial charge in [-0.2, -0.15) is 5.10 Å². The van der Waals surface area contributed by atoms with Gasteiger partial charge in [0.2, 0.25) is 0 Å². The molecule has 1 saturated carbocycles. The number of aromatic nitrogens is 2. The first-order valence-electron chi connectivity index (χ1n) is 9.03. The van der Waals surface area contributed by atoms with E-state index in [1.54, 1.807) is 24.3 Å². The van der Waals surface area contributed by atoms with Crippen molar-refractivity contribution in [1.82, 2.24) is 9.78 Å². The van der Waals surface area contributed by atoms with Crippen molar-refractivity contribution >= 4 is 15.7 Å². The Labute approximate surface area is 159 Å². The number of nitrogens with zero attached hydrogens (tertiary/aromatic N) is 2. The van der Waals surface area contributed by atoms with Crippen LogP contribution in [0.2, 0.25) is 0 Å². The Hall–Kier alpha value is -2.19. The van der Waals surface area contributed by atoms with E-state index in [1.807, 2.05) is 10.7 Å². The maximum absolute atomic E-state index is 11.7. The van der Waals surface area contributed by atoms with Crippen LogP contribution in [-0.4, -0.2) is 37.5 Å². The minimum Gasteiger partial charge on any atom is -0.367 e. The van der Waals surface area contributed by atoms with E-state index in [1.165, 1.54) is 19.8 Å². The molecule has 2 aromatic rings. The first-order chi connectivity index (χ1) is 12.8. The second kappa shape index (κ2) is 7.82. The van der Waals surface area contributed by atoms with Gasteiger partial charge in [-0.25, -0.2) is 8.42 Å². The fourth-order valence-corrected chi connectivity index (χ4v) is 4.25. The molecular weight excluding hydrogens is 366 g/mol. The van der Waals surface area contributed by atoms with Crippen molar-refractivity contribution in [1.29, 1.82) is 0 Å². The van der Waals surface area contributed by atoms with Crippen LogP contribution in [0.1, 0.15) is 49.9 Å². The van der Waals surface area contributed by atoms with E-state index in [-0.39, 0.29) is 10.9 Å². The highest BCUT2D eigenvalue weighted by molar-refractivity contribution is 7.90. The zero-order valence-corrected chi connectivity index (χ0v) is 16.4. The fourth-order valence-electron chi connectivity index (χ4n) is 3.62. The average Bonchev–Trinajstić information content (AvgIpc) is 3.07. The Morgan fingerprint density at radius 2 is 1.85 bits per heavy atom. The zero-order chi connectivity index (χ0) is 19.6. The quantitative estimate of drug-likeness (QED) is 0.815. The first kappa shape index (κ1) is 19.6. The number of carbonyl (C=O) groups is 1. The molecule has 1 amide bonds. The van der Waals surface area contributed by atoms with Crippen LogP contribution in [-0.2, 0) is 19.4 Å². The molecule has 1 aromatic heterocycles. The Morgan fingerprint density at radius 1 is 1.22 bits per heavy atom. The van der Waals surface area contributed by atoms with Gasteiger partial charge in [-0.05, 0) is 36.6 Å². The van der Waals surface area contributed by atoms with Crippen LogP contribution in [0.4, 0.5) is 0 Å². The maximum atomic E-state index is 11.7. The minimum atomic E-state index is -3.26. The van der Waals surface area contributed by atoms with Crippen LogP contribution in [0.3, 0.4) is 0 Å². The van der Waals surface area contributed by atoms with Gasteiger partial charge >= 0.3 is 0 Å². The summed E-state index contributed by atoms with van der Waals surface area (Å²) in [4.78, 5) is 12.0. The predicted octanol–water partition coefficient (Wildman–Crippen LogP) is 2.63. The Kier molecular flexibility index (Phi) is 5.67. The number of ether oxygens (including phenoxy) is 1. The van der Waals surface area contributed by atoms with E-state index in [2.05, 4.69) is 5.10 Å². The van der Waals surface area contributed by atoms with Gasteiger partial charge in [0.15, 0.2) is 15.9 Å². The van der Waals surface area contributed by atoms with Gasteiger partial charge in [-0.15, -0.1) is 0 Å². The van der Waals surface area contributed by atoms with Crippen molar-refractivity contribution in [2.75, 3.05) is 13.4 Å². The molecule has 0 aliphatic heterocycles. The van der Waals surface area contributed by atoms with Gasteiger partial charge < -0.3 is 10.5 Å². The number of carbonyl (C=O) groups excluding carboxylic acids is 1. The second-order valence-electron chi connectivity index (χ2n) is 7.01. The number of primary amides is 1. The summed E-state index contributed by atoms with van der Waals surface area (Å²) < 4.78 is 30.6. The van der Waals surface area contributed by atoms with Crippen molar-refractivity contribution in [3.05, 3.63) is 36.0 Å². The number of rotatable bonds is 6. The number of hydrogen-bond acceptors (Lipinski definition) is 5. The lowest BCUT2D eigenvalue weighted by Crippen LogP contribution is -2.23. The summed E-state index contributed by atoms with van der Waals surface area (Å²) in [5.41, 5.74) is 7.59. The lowest BCUT2D eigenvalue weighted by Gasteiger charge is -2.24. The van der Waals surface area contributed by atoms with Crippen LogP contribution in [0, 0.1) is 0 Å². The van der Waals surface area contributed by atoms with E-state index >= 15 is 0 Å². The van der Waals surface area contributed by atoms with Crippen LogP contribution in [0.5, 0.6) is 0 Å². The number of hydrogen-bond donors (Lipinski definition) is 1. The molecule has 1 unspecified atom stereocenters. The molecule has 1 fully saturated rings. The molecule has 8 heteroatoms. The Morgan fingerprint density at radius 3 is 2.37 bits per heavy atom. The summed E-state index contributed by atoms with van der Waals surface area (Å²) in [7, 11) is -1.83. The summed E-state index contributed by atoms with van der Waals surface area (Å²) >= 11 is 0. The molecule has 1 aliphatic carbocycles. The summed E-state index contributed by atoms with van der Waals surface area (Å²) in [5.74, 6) is -0.593. The molecule has 0 bridgehead atoms. The highest BCUT2D eigenvalue weighted by Crippen LogP contribution is 2.34. The number of benzene rings is 1. The van der Waals surface area contributed by atoms with Crippen molar-refractivity contribution in [2.45, 2.75) is 49.1 Å². The molecule has 0 radical (unpaired) electrons. The number of methoxy groups -OCH3 is 1. The van der Waals surface area contributed by atoms with Gasteiger partial charge in [0.25, 0.3) is 5.91 Å². The molecule has 7 nitrogen and oxygen atoms in total. The summed E-state index contributed by atoms with van der Waals surface area (Å²) in [5, 5.41) is 4.65. The third-order valence-corrected chi connectivity index (χ3v) is 6.14. The standard InChI is InChI=1S/C19H25N3O4S/c1-26-18(19(20)23)16-12-17(22(21-16)14-6-4-3-5-7-14)13-8-10-15(11-9-13)27(2,24)25/h8-12,14,18H,3-7H2,1-2H3,(H2,20,23). The first-order valence-corrected chi connectivity index (χ1v) is 10.9. The largest absolute Gasteiger partial charge is 0.367 e. The molecular formula is C19H25N3O4S. The maximum Gasteiger partial charge on any atom is 0.252 e. The van der Waals surface area contributed by atoms with E-state index in [0.717, 1.165) is 36.9 Å². The van der Waals surface area contributed by atoms with Crippen LogP contribution in [0.15, 0.2) is 35.2 Å². The van der Waals surface area contributed by atoms with Gasteiger partial charge in [0.1, 0.15) is 5.69 Å². The van der Waals surface area contributed by atoms with Crippen LogP contribution in [0.25, 0.3) is 11.3 Å². The fraction of sp³-hybridized carbons (Fsp3) is 0.474. The number of nitrogens with two attached hydrogens (primary N) is 1. The van der Waals surface area contributed by atoms with Crippen molar-refractivity contribution in [3.63, 3.8) is 0 Å². The van der Waals surface area contributed by atoms with Crippen LogP contribution >= 0.6 is 0 Å². The van der Waals surface area contributed by atoms with Gasteiger partial charge in [-0.1, -0.05) is 31.4 Å². The third-order valence-electron chi connectivity index (χ3n) is 5.02. The minimum absolute atomic E-state index is 0.238. The Bertz CT molecular complexity index is 913. The monoisotopic (exact) mass is 391 g/mol. The van der Waals surface area contributed by atoms with Gasteiger partial charge in [0, 0.05) is 13.4 Å². The van der Waals surface area contributed by atoms with Crippen molar-refractivity contribution < 1.29 is 17.9 Å². The topological polar surface area (TPSA) is 104 Å². The molecule has 0 spiro atoms. The van der Waals surface area contributed by atoms with E-state index in [0.29, 0.717) is 5.69 Å². The Balaban J connectivity index is 2.06. The lowest BCUT2D eigenvalue weighted by molar-refractivity contribution is -0.128. The van der Waals surface area contributed by atoms with Gasteiger partial charge in [0.05, 0.1) is 16.6 Å². The highest BCUT2D eigenvalue weighted by atomic mass is 32.2. The van der Waals surface area contributed by atoms with Gasteiger partial charge in [-0.3, -0.25) is 9.48 Å². The molecule has 1 aromatic carbocycles. The SMILES string of the molecule is COC(C(N)=O)c1cc(-c2ccc(S(C)(=O)=O)cc2)n(C2CCCCC2)n1. The van der Waals surface area contributed by atoms with Crippen molar-refractivity contribution in [3.8, 4) is 11.3 Å². The lowest BCUT2D eigenvalue weighted by atomic mass is 9.95. The normalized spacial score (nSPS) is 17.0. The molecule has 2 N–H and O–H groups in total. The highest BCUT2D eigenvalue weighted by Gasteiger charge is 2.26. The molecule has 1 heterocycles. The molecule has 3 rings (SSSR count). The van der Waals surface area contributed by atoms with E-state index in [9.17, 15) is 13.2 Å².